The predicted molar refractivity (Wildman–Crippen MR) is 130 cm³/mol. The Bertz CT molecular complexity index is 967. The van der Waals surface area contributed by atoms with Crippen LogP contribution in [-0.4, -0.2) is 29.3 Å². The van der Waals surface area contributed by atoms with Gasteiger partial charge < -0.3 is 10.1 Å². The maximum absolute atomic E-state index is 12.5. The molecule has 1 aliphatic heterocycles. The zero-order valence-corrected chi connectivity index (χ0v) is 18.9. The molecule has 5 nitrogen and oxygen atoms in total. The summed E-state index contributed by atoms with van der Waals surface area (Å²) in [5.74, 6) is 1.65. The molecule has 1 aliphatic rings. The van der Waals surface area contributed by atoms with E-state index in [4.69, 9.17) is 4.74 Å². The van der Waals surface area contributed by atoms with E-state index < -0.39 is 0 Å². The number of nitrogens with zero attached hydrogens (tertiary/aromatic N) is 1. The number of aromatic nitrogens is 1. The highest BCUT2D eigenvalue weighted by atomic mass is 32.2. The third kappa shape index (κ3) is 6.58. The minimum absolute atomic E-state index is 0.0302. The quantitative estimate of drug-likeness (QED) is 0.448. The number of pyridine rings is 1. The number of nitrogens with one attached hydrogen (secondary N) is 2. The number of aryl methyl sites for hydroxylation is 1. The molecule has 1 fully saturated rings. The molecule has 3 aromatic rings. The third-order valence-electron chi connectivity index (χ3n) is 5.45. The Kier molecular flexibility index (Phi) is 8.17. The van der Waals surface area contributed by atoms with E-state index in [2.05, 4.69) is 39.9 Å². The number of ether oxygens (including phenoxy) is 1. The number of hydrogen-bond acceptors (Lipinski definition) is 5. The molecule has 0 radical (unpaired) electrons. The van der Waals surface area contributed by atoms with Crippen LogP contribution >= 0.6 is 11.8 Å². The summed E-state index contributed by atoms with van der Waals surface area (Å²) in [6.07, 6.45) is 6.83. The first-order chi connectivity index (χ1) is 15.8. The molecule has 4 rings (SSSR count). The van der Waals surface area contributed by atoms with E-state index >= 15 is 0 Å². The third-order valence-corrected chi connectivity index (χ3v) is 6.71. The van der Waals surface area contributed by atoms with Crippen LogP contribution in [0.25, 0.3) is 0 Å². The van der Waals surface area contributed by atoms with Gasteiger partial charge in [0.1, 0.15) is 5.75 Å². The highest BCUT2D eigenvalue weighted by Crippen LogP contribution is 2.32. The Balaban J connectivity index is 1.14. The molecule has 1 saturated heterocycles. The van der Waals surface area contributed by atoms with Crippen molar-refractivity contribution in [2.45, 2.75) is 37.2 Å². The van der Waals surface area contributed by atoms with Crippen molar-refractivity contribution in [1.29, 1.82) is 0 Å². The summed E-state index contributed by atoms with van der Waals surface area (Å²) in [6, 6.07) is 22.3. The number of benzene rings is 2. The van der Waals surface area contributed by atoms with Gasteiger partial charge in [-0.25, -0.2) is 0 Å². The van der Waals surface area contributed by atoms with Crippen molar-refractivity contribution in [3.63, 3.8) is 0 Å². The van der Waals surface area contributed by atoms with Gasteiger partial charge in [-0.15, -0.1) is 11.8 Å². The second-order valence-corrected chi connectivity index (χ2v) is 9.01. The molecular formula is C26H29N3O2S. The van der Waals surface area contributed by atoms with E-state index in [0.717, 1.165) is 41.9 Å². The van der Waals surface area contributed by atoms with Gasteiger partial charge in [-0.05, 0) is 54.2 Å². The maximum atomic E-state index is 12.5. The van der Waals surface area contributed by atoms with Crippen LogP contribution in [0.3, 0.4) is 0 Å². The van der Waals surface area contributed by atoms with Gasteiger partial charge in [0.25, 0.3) is 0 Å². The highest BCUT2D eigenvalue weighted by Gasteiger charge is 2.30. The summed E-state index contributed by atoms with van der Waals surface area (Å²) in [7, 11) is 0. The average Bonchev–Trinajstić information content (AvgIpc) is 3.35. The summed E-state index contributed by atoms with van der Waals surface area (Å²) in [5, 5.41) is 6.54. The van der Waals surface area contributed by atoms with Crippen LogP contribution in [0.4, 0.5) is 0 Å². The fourth-order valence-corrected chi connectivity index (χ4v) is 4.85. The molecule has 2 aromatic carbocycles. The Morgan fingerprint density at radius 2 is 1.88 bits per heavy atom. The Morgan fingerprint density at radius 1 is 1.03 bits per heavy atom. The van der Waals surface area contributed by atoms with Crippen LogP contribution in [0.5, 0.6) is 5.75 Å². The van der Waals surface area contributed by atoms with Crippen LogP contribution in [0.1, 0.15) is 34.9 Å². The van der Waals surface area contributed by atoms with Gasteiger partial charge in [0, 0.05) is 24.7 Å². The van der Waals surface area contributed by atoms with Crippen molar-refractivity contribution in [2.24, 2.45) is 0 Å². The normalized spacial score (nSPS) is 17.8. The van der Waals surface area contributed by atoms with Crippen LogP contribution < -0.4 is 15.4 Å². The van der Waals surface area contributed by atoms with Crippen molar-refractivity contribution in [2.75, 3.05) is 12.4 Å². The fourth-order valence-electron chi connectivity index (χ4n) is 3.63. The summed E-state index contributed by atoms with van der Waals surface area (Å²) in [5.41, 5.74) is 3.53. The van der Waals surface area contributed by atoms with E-state index in [-0.39, 0.29) is 17.3 Å². The summed E-state index contributed by atoms with van der Waals surface area (Å²) in [6.45, 7) is 1.22. The molecule has 1 aromatic heterocycles. The lowest BCUT2D eigenvalue weighted by molar-refractivity contribution is -0.122. The Labute approximate surface area is 194 Å². The smallest absolute Gasteiger partial charge is 0.238 e. The number of carbonyl (C=O) groups excluding carboxylic acids is 1. The van der Waals surface area contributed by atoms with Gasteiger partial charge in [-0.3, -0.25) is 15.1 Å². The number of hydrogen-bond donors (Lipinski definition) is 2. The largest absolute Gasteiger partial charge is 0.494 e. The van der Waals surface area contributed by atoms with E-state index in [1.165, 1.54) is 5.56 Å². The number of unbranched alkanes of at least 4 members (excludes halogenated alkanes) is 1. The van der Waals surface area contributed by atoms with Crippen LogP contribution in [0, 0.1) is 0 Å². The first-order valence-corrected chi connectivity index (χ1v) is 12.1. The molecule has 1 amide bonds. The van der Waals surface area contributed by atoms with E-state index in [9.17, 15) is 4.79 Å². The molecule has 2 unspecified atom stereocenters. The second kappa shape index (κ2) is 11.7. The zero-order chi connectivity index (χ0) is 22.0. The average molecular weight is 448 g/mol. The number of amides is 1. The highest BCUT2D eigenvalue weighted by molar-refractivity contribution is 7.99. The summed E-state index contributed by atoms with van der Waals surface area (Å²) < 4.78 is 5.85. The Hall–Kier alpha value is -2.83. The lowest BCUT2D eigenvalue weighted by Gasteiger charge is -2.14. The van der Waals surface area contributed by atoms with Gasteiger partial charge in [0.2, 0.25) is 5.91 Å². The monoisotopic (exact) mass is 447 g/mol. The molecule has 2 N–H and O–H groups in total. The molecule has 0 aliphatic carbocycles. The molecule has 166 valence electrons. The molecular weight excluding hydrogens is 418 g/mol. The molecule has 6 heteroatoms. The molecule has 2 atom stereocenters. The predicted octanol–water partition coefficient (Wildman–Crippen LogP) is 4.50. The number of thioether (sulfide) groups is 1. The van der Waals surface area contributed by atoms with Gasteiger partial charge in [0.05, 0.1) is 18.0 Å². The minimum atomic E-state index is -0.191. The second-order valence-electron chi connectivity index (χ2n) is 7.87. The molecule has 0 spiro atoms. The van der Waals surface area contributed by atoms with E-state index in [1.54, 1.807) is 18.0 Å². The first-order valence-electron chi connectivity index (χ1n) is 11.1. The Morgan fingerprint density at radius 3 is 2.66 bits per heavy atom. The maximum Gasteiger partial charge on any atom is 0.238 e. The van der Waals surface area contributed by atoms with Crippen molar-refractivity contribution in [1.82, 2.24) is 15.6 Å². The van der Waals surface area contributed by atoms with Gasteiger partial charge in [0.15, 0.2) is 0 Å². The van der Waals surface area contributed by atoms with Crippen LogP contribution in [0.2, 0.25) is 0 Å². The van der Waals surface area contributed by atoms with Gasteiger partial charge in [-0.2, -0.15) is 0 Å². The van der Waals surface area contributed by atoms with E-state index in [0.29, 0.717) is 13.2 Å². The zero-order valence-electron chi connectivity index (χ0n) is 18.1. The first kappa shape index (κ1) is 22.4. The van der Waals surface area contributed by atoms with Gasteiger partial charge >= 0.3 is 0 Å². The fraction of sp³-hybridized carbons (Fsp3) is 0.308. The number of carbonyl (C=O) groups is 1. The van der Waals surface area contributed by atoms with Crippen molar-refractivity contribution in [3.8, 4) is 5.75 Å². The van der Waals surface area contributed by atoms with Crippen molar-refractivity contribution < 1.29 is 9.53 Å². The molecule has 2 heterocycles. The van der Waals surface area contributed by atoms with Crippen LogP contribution in [-0.2, 0) is 17.8 Å². The van der Waals surface area contributed by atoms with Gasteiger partial charge in [-0.1, -0.05) is 48.5 Å². The van der Waals surface area contributed by atoms with Crippen LogP contribution in [0.15, 0.2) is 79.1 Å². The molecule has 0 saturated carbocycles. The topological polar surface area (TPSA) is 63.2 Å². The number of rotatable bonds is 10. The summed E-state index contributed by atoms with van der Waals surface area (Å²) >= 11 is 1.74. The lowest BCUT2D eigenvalue weighted by atomic mass is 10.1. The molecule has 0 bridgehead atoms. The SMILES string of the molecule is O=C(NCc1ccc(OCCCCc2ccccc2)cc1)C1CSC(c2cccnc2)N1. The van der Waals surface area contributed by atoms with Crippen molar-refractivity contribution >= 4 is 17.7 Å². The summed E-state index contributed by atoms with van der Waals surface area (Å²) in [4.78, 5) is 16.7. The van der Waals surface area contributed by atoms with E-state index in [1.807, 2.05) is 48.7 Å². The standard InChI is InChI=1S/C26H29N3O2S/c30-25(24-19-32-26(29-24)22-10-6-15-27-18-22)28-17-21-11-13-23(14-12-21)31-16-5-4-9-20-7-2-1-3-8-20/h1-3,6-8,10-15,18,24,26,29H,4-5,9,16-17,19H2,(H,28,30). The lowest BCUT2D eigenvalue weighted by Crippen LogP contribution is -2.42. The van der Waals surface area contributed by atoms with Crippen molar-refractivity contribution in [3.05, 3.63) is 95.8 Å². The molecule has 32 heavy (non-hydrogen) atoms. The minimum Gasteiger partial charge on any atom is -0.494 e.